The van der Waals surface area contributed by atoms with Crippen molar-refractivity contribution in [1.82, 2.24) is 10.3 Å². The average Bonchev–Trinajstić information content (AvgIpc) is 2.83. The molecule has 17 heavy (non-hydrogen) atoms. The molecule has 0 spiro atoms. The molecule has 1 unspecified atom stereocenters. The Morgan fingerprint density at radius 1 is 1.53 bits per heavy atom. The van der Waals surface area contributed by atoms with Crippen molar-refractivity contribution in [3.8, 4) is 0 Å². The van der Waals surface area contributed by atoms with Crippen LogP contribution in [0, 0.1) is 5.82 Å². The van der Waals surface area contributed by atoms with Crippen molar-refractivity contribution in [3.63, 3.8) is 0 Å². The Balaban J connectivity index is 2.42. The summed E-state index contributed by atoms with van der Waals surface area (Å²) in [5.74, 6) is -0.268. The van der Waals surface area contributed by atoms with Gasteiger partial charge in [0, 0.05) is 22.2 Å². The highest BCUT2D eigenvalue weighted by Gasteiger charge is 2.19. The molecule has 0 saturated carbocycles. The van der Waals surface area contributed by atoms with Gasteiger partial charge in [0.1, 0.15) is 10.8 Å². The summed E-state index contributed by atoms with van der Waals surface area (Å²) in [7, 11) is 0. The number of aromatic nitrogens is 1. The monoisotopic (exact) mass is 270 g/mol. The van der Waals surface area contributed by atoms with E-state index in [1.807, 2.05) is 12.3 Å². The van der Waals surface area contributed by atoms with E-state index in [0.717, 1.165) is 11.6 Å². The number of hydrogen-bond acceptors (Lipinski definition) is 3. The minimum Gasteiger partial charge on any atom is -0.304 e. The fourth-order valence-electron chi connectivity index (χ4n) is 1.65. The Hall–Kier alpha value is -0.970. The molecule has 1 aromatic carbocycles. The molecular formula is C12H12ClFN2S. The fourth-order valence-corrected chi connectivity index (χ4v) is 2.56. The van der Waals surface area contributed by atoms with Crippen molar-refractivity contribution in [1.29, 1.82) is 0 Å². The molecule has 0 aliphatic heterocycles. The SMILES string of the molecule is CCNC(c1nccs1)c1cc(Cl)ccc1F. The van der Waals surface area contributed by atoms with E-state index in [2.05, 4.69) is 10.3 Å². The van der Waals surface area contributed by atoms with Crippen LogP contribution in [0.3, 0.4) is 0 Å². The van der Waals surface area contributed by atoms with Crippen LogP contribution in [0.25, 0.3) is 0 Å². The third-order valence-corrected chi connectivity index (χ3v) is 3.45. The largest absolute Gasteiger partial charge is 0.304 e. The first kappa shape index (κ1) is 12.5. The van der Waals surface area contributed by atoms with Crippen LogP contribution in [0.15, 0.2) is 29.8 Å². The summed E-state index contributed by atoms with van der Waals surface area (Å²) in [5.41, 5.74) is 0.536. The Kier molecular flexibility index (Phi) is 4.10. The maximum absolute atomic E-state index is 13.8. The van der Waals surface area contributed by atoms with Gasteiger partial charge in [0.15, 0.2) is 0 Å². The van der Waals surface area contributed by atoms with Crippen molar-refractivity contribution < 1.29 is 4.39 Å². The first-order chi connectivity index (χ1) is 8.22. The number of benzene rings is 1. The predicted octanol–water partition coefficient (Wildman–Crippen LogP) is 3.63. The summed E-state index contributed by atoms with van der Waals surface area (Å²) in [6.45, 7) is 2.71. The summed E-state index contributed by atoms with van der Waals surface area (Å²) in [5, 5.41) is 6.47. The van der Waals surface area contributed by atoms with Crippen LogP contribution in [-0.4, -0.2) is 11.5 Å². The molecule has 90 valence electrons. The van der Waals surface area contributed by atoms with Crippen LogP contribution in [0.5, 0.6) is 0 Å². The van der Waals surface area contributed by atoms with E-state index < -0.39 is 0 Å². The lowest BCUT2D eigenvalue weighted by Crippen LogP contribution is -2.22. The lowest BCUT2D eigenvalue weighted by molar-refractivity contribution is 0.557. The van der Waals surface area contributed by atoms with E-state index in [9.17, 15) is 4.39 Å². The predicted molar refractivity (Wildman–Crippen MR) is 69.0 cm³/mol. The number of halogens is 2. The lowest BCUT2D eigenvalue weighted by atomic mass is 10.1. The Bertz CT molecular complexity index is 487. The first-order valence-electron chi connectivity index (χ1n) is 5.30. The van der Waals surface area contributed by atoms with E-state index in [-0.39, 0.29) is 11.9 Å². The smallest absolute Gasteiger partial charge is 0.128 e. The Morgan fingerprint density at radius 3 is 3.00 bits per heavy atom. The van der Waals surface area contributed by atoms with E-state index in [1.165, 1.54) is 17.4 Å². The minimum atomic E-state index is -0.268. The molecule has 0 aliphatic carbocycles. The molecule has 1 aromatic heterocycles. The first-order valence-corrected chi connectivity index (χ1v) is 6.56. The van der Waals surface area contributed by atoms with E-state index in [1.54, 1.807) is 18.3 Å². The number of nitrogens with one attached hydrogen (secondary N) is 1. The third-order valence-electron chi connectivity index (χ3n) is 2.38. The topological polar surface area (TPSA) is 24.9 Å². The third kappa shape index (κ3) is 2.83. The molecule has 0 radical (unpaired) electrons. The van der Waals surface area contributed by atoms with Crippen LogP contribution < -0.4 is 5.32 Å². The van der Waals surface area contributed by atoms with Gasteiger partial charge in [-0.15, -0.1) is 11.3 Å². The molecule has 2 aromatic rings. The normalized spacial score (nSPS) is 12.6. The van der Waals surface area contributed by atoms with Crippen molar-refractivity contribution in [3.05, 3.63) is 51.2 Å². The summed E-state index contributed by atoms with van der Waals surface area (Å²) in [6.07, 6.45) is 1.72. The van der Waals surface area contributed by atoms with Crippen LogP contribution in [0.1, 0.15) is 23.5 Å². The molecule has 0 saturated heterocycles. The number of rotatable bonds is 4. The van der Waals surface area contributed by atoms with Gasteiger partial charge in [0.25, 0.3) is 0 Å². The van der Waals surface area contributed by atoms with Crippen molar-refractivity contribution in [2.45, 2.75) is 13.0 Å². The number of nitrogens with zero attached hydrogens (tertiary/aromatic N) is 1. The maximum atomic E-state index is 13.8. The average molecular weight is 271 g/mol. The van der Waals surface area contributed by atoms with Crippen LogP contribution in [0.2, 0.25) is 5.02 Å². The zero-order valence-electron chi connectivity index (χ0n) is 9.28. The van der Waals surface area contributed by atoms with Gasteiger partial charge in [-0.05, 0) is 24.7 Å². The quantitative estimate of drug-likeness (QED) is 0.918. The van der Waals surface area contributed by atoms with Gasteiger partial charge in [0.05, 0.1) is 6.04 Å². The molecular weight excluding hydrogens is 259 g/mol. The molecule has 1 N–H and O–H groups in total. The standard InChI is InChI=1S/C12H12ClFN2S/c1-2-15-11(12-16-5-6-17-12)9-7-8(13)3-4-10(9)14/h3-7,11,15H,2H2,1H3. The number of hydrogen-bond donors (Lipinski definition) is 1. The highest BCUT2D eigenvalue weighted by Crippen LogP contribution is 2.27. The highest BCUT2D eigenvalue weighted by molar-refractivity contribution is 7.09. The van der Waals surface area contributed by atoms with Crippen molar-refractivity contribution >= 4 is 22.9 Å². The van der Waals surface area contributed by atoms with Crippen LogP contribution >= 0.6 is 22.9 Å². The molecule has 0 amide bonds. The lowest BCUT2D eigenvalue weighted by Gasteiger charge is -2.16. The molecule has 2 rings (SSSR count). The van der Waals surface area contributed by atoms with E-state index in [4.69, 9.17) is 11.6 Å². The van der Waals surface area contributed by atoms with Gasteiger partial charge in [0.2, 0.25) is 0 Å². The molecule has 1 atom stereocenters. The highest BCUT2D eigenvalue weighted by atomic mass is 35.5. The summed E-state index contributed by atoms with van der Waals surface area (Å²) < 4.78 is 13.8. The van der Waals surface area contributed by atoms with E-state index in [0.29, 0.717) is 10.6 Å². The zero-order chi connectivity index (χ0) is 12.3. The van der Waals surface area contributed by atoms with Crippen molar-refractivity contribution in [2.24, 2.45) is 0 Å². The molecule has 2 nitrogen and oxygen atoms in total. The zero-order valence-corrected chi connectivity index (χ0v) is 10.9. The second-order valence-electron chi connectivity index (χ2n) is 3.53. The Morgan fingerprint density at radius 2 is 2.35 bits per heavy atom. The second kappa shape index (κ2) is 5.58. The Labute approximate surface area is 108 Å². The molecule has 1 heterocycles. The summed E-state index contributed by atoms with van der Waals surface area (Å²) >= 11 is 7.41. The number of thiazole rings is 1. The van der Waals surface area contributed by atoms with Gasteiger partial charge in [-0.3, -0.25) is 0 Å². The molecule has 0 fully saturated rings. The molecule has 5 heteroatoms. The van der Waals surface area contributed by atoms with Gasteiger partial charge in [-0.25, -0.2) is 9.37 Å². The van der Waals surface area contributed by atoms with E-state index >= 15 is 0 Å². The van der Waals surface area contributed by atoms with Gasteiger partial charge in [-0.1, -0.05) is 18.5 Å². The molecule has 0 bridgehead atoms. The summed E-state index contributed by atoms with van der Waals surface area (Å²) in [4.78, 5) is 4.23. The van der Waals surface area contributed by atoms with Crippen LogP contribution in [0.4, 0.5) is 4.39 Å². The van der Waals surface area contributed by atoms with Gasteiger partial charge in [-0.2, -0.15) is 0 Å². The minimum absolute atomic E-state index is 0.237. The molecule has 0 aliphatic rings. The second-order valence-corrected chi connectivity index (χ2v) is 4.89. The van der Waals surface area contributed by atoms with Gasteiger partial charge < -0.3 is 5.32 Å². The van der Waals surface area contributed by atoms with Crippen LogP contribution in [-0.2, 0) is 0 Å². The summed E-state index contributed by atoms with van der Waals surface area (Å²) in [6, 6.07) is 4.34. The van der Waals surface area contributed by atoms with Crippen molar-refractivity contribution in [2.75, 3.05) is 6.54 Å². The fraction of sp³-hybridized carbons (Fsp3) is 0.250. The maximum Gasteiger partial charge on any atom is 0.128 e. The van der Waals surface area contributed by atoms with Gasteiger partial charge >= 0.3 is 0 Å².